The molecule has 29 heavy (non-hydrogen) atoms. The van der Waals surface area contributed by atoms with E-state index >= 15 is 0 Å². The molecule has 0 saturated carbocycles. The summed E-state index contributed by atoms with van der Waals surface area (Å²) < 4.78 is 1.86. The van der Waals surface area contributed by atoms with E-state index in [1.54, 1.807) is 17.4 Å². The van der Waals surface area contributed by atoms with Crippen LogP contribution >= 0.6 is 11.6 Å². The highest BCUT2D eigenvalue weighted by atomic mass is 35.5. The van der Waals surface area contributed by atoms with Crippen molar-refractivity contribution in [3.8, 4) is 0 Å². The maximum Gasteiger partial charge on any atom is 0.166 e. The summed E-state index contributed by atoms with van der Waals surface area (Å²) in [7, 11) is 1.81. The van der Waals surface area contributed by atoms with Gasteiger partial charge in [0, 0.05) is 13.6 Å². The molecular formula is C20H21ClN6O2. The number of aromatic nitrogens is 4. The first-order valence-corrected chi connectivity index (χ1v) is 9.50. The first-order chi connectivity index (χ1) is 14.0. The zero-order valence-corrected chi connectivity index (χ0v) is 16.8. The van der Waals surface area contributed by atoms with Gasteiger partial charge in [-0.05, 0) is 30.7 Å². The Morgan fingerprint density at radius 2 is 2.07 bits per heavy atom. The number of aliphatic hydroxyl groups excluding tert-OH is 2. The minimum atomic E-state index is -0.839. The quantitative estimate of drug-likeness (QED) is 0.448. The largest absolute Gasteiger partial charge is 0.394 e. The average Bonchev–Trinajstić information content (AvgIpc) is 3.20. The smallest absolute Gasteiger partial charge is 0.166 e. The summed E-state index contributed by atoms with van der Waals surface area (Å²) in [6.45, 7) is 1.94. The Kier molecular flexibility index (Phi) is 5.23. The summed E-state index contributed by atoms with van der Waals surface area (Å²) in [6.07, 6.45) is 2.56. The van der Waals surface area contributed by atoms with E-state index in [4.69, 9.17) is 21.7 Å². The van der Waals surface area contributed by atoms with E-state index in [0.29, 0.717) is 27.8 Å². The number of likely N-dealkylation sites (N-methyl/N-ethyl adjacent to an activating group) is 1. The highest BCUT2D eigenvalue weighted by Crippen LogP contribution is 2.31. The minimum absolute atomic E-state index is 0.265. The number of aryl methyl sites for hydroxylation is 1. The van der Waals surface area contributed by atoms with E-state index in [1.165, 1.54) is 0 Å². The van der Waals surface area contributed by atoms with Crippen LogP contribution in [0, 0.1) is 6.92 Å². The lowest BCUT2D eigenvalue weighted by atomic mass is 10.2. The molecule has 0 unspecified atom stereocenters. The van der Waals surface area contributed by atoms with Crippen molar-refractivity contribution in [3.05, 3.63) is 53.4 Å². The fourth-order valence-electron chi connectivity index (χ4n) is 3.19. The van der Waals surface area contributed by atoms with Crippen molar-refractivity contribution in [2.45, 2.75) is 13.0 Å². The van der Waals surface area contributed by atoms with Gasteiger partial charge in [-0.2, -0.15) is 0 Å². The third-order valence-corrected chi connectivity index (χ3v) is 5.05. The molecular weight excluding hydrogens is 392 g/mol. The van der Waals surface area contributed by atoms with Crippen molar-refractivity contribution in [1.29, 1.82) is 0 Å². The average molecular weight is 413 g/mol. The number of nitrogens with zero attached hydrogens (tertiary/aromatic N) is 5. The van der Waals surface area contributed by atoms with Crippen LogP contribution in [-0.2, 0) is 0 Å². The van der Waals surface area contributed by atoms with Gasteiger partial charge in [0.15, 0.2) is 11.5 Å². The number of rotatable bonds is 6. The van der Waals surface area contributed by atoms with Gasteiger partial charge in [-0.25, -0.2) is 15.0 Å². The van der Waals surface area contributed by atoms with E-state index in [-0.39, 0.29) is 13.2 Å². The fraction of sp³-hybridized carbons (Fsp3) is 0.250. The van der Waals surface area contributed by atoms with Gasteiger partial charge in [0.1, 0.15) is 23.2 Å². The molecule has 8 nitrogen and oxygen atoms in total. The number of hydrogen-bond donors (Lipinski definition) is 3. The topological polar surface area (TPSA) is 98.8 Å². The summed E-state index contributed by atoms with van der Waals surface area (Å²) in [5, 5.41) is 22.7. The van der Waals surface area contributed by atoms with Crippen LogP contribution < -0.4 is 10.2 Å². The second kappa shape index (κ2) is 7.82. The molecule has 150 valence electrons. The van der Waals surface area contributed by atoms with Gasteiger partial charge < -0.3 is 20.4 Å². The first-order valence-electron chi connectivity index (χ1n) is 9.13. The molecule has 0 bridgehead atoms. The van der Waals surface area contributed by atoms with Crippen molar-refractivity contribution < 1.29 is 10.2 Å². The number of imidazole rings is 1. The van der Waals surface area contributed by atoms with Gasteiger partial charge in [-0.15, -0.1) is 0 Å². The first kappa shape index (κ1) is 19.4. The highest BCUT2D eigenvalue weighted by Gasteiger charge is 2.15. The Morgan fingerprint density at radius 3 is 2.83 bits per heavy atom. The van der Waals surface area contributed by atoms with Gasteiger partial charge >= 0.3 is 0 Å². The maximum absolute atomic E-state index is 9.70. The minimum Gasteiger partial charge on any atom is -0.394 e. The number of fused-ring (bicyclic) bond motifs is 3. The zero-order chi connectivity index (χ0) is 20.5. The zero-order valence-electron chi connectivity index (χ0n) is 16.0. The van der Waals surface area contributed by atoms with Gasteiger partial charge in [-0.3, -0.25) is 4.40 Å². The molecule has 0 aliphatic carbocycles. The second-order valence-corrected chi connectivity index (χ2v) is 7.30. The summed E-state index contributed by atoms with van der Waals surface area (Å²) in [4.78, 5) is 15.5. The number of hydrogen-bond acceptors (Lipinski definition) is 7. The lowest BCUT2D eigenvalue weighted by molar-refractivity contribution is 0.101. The number of anilines is 3. The molecule has 0 saturated heterocycles. The van der Waals surface area contributed by atoms with Crippen LogP contribution in [0.5, 0.6) is 0 Å². The number of para-hydroxylation sites is 1. The van der Waals surface area contributed by atoms with Gasteiger partial charge in [0.2, 0.25) is 0 Å². The number of halogens is 1. The van der Waals surface area contributed by atoms with Crippen LogP contribution in [0.1, 0.15) is 5.56 Å². The third kappa shape index (κ3) is 3.69. The molecule has 4 aromatic rings. The maximum atomic E-state index is 9.70. The Balaban J connectivity index is 1.79. The number of nitrogens with one attached hydrogen (secondary N) is 1. The molecule has 3 aromatic heterocycles. The molecule has 0 aliphatic heterocycles. The monoisotopic (exact) mass is 412 g/mol. The second-order valence-electron chi connectivity index (χ2n) is 6.90. The molecule has 3 N–H and O–H groups in total. The van der Waals surface area contributed by atoms with E-state index in [2.05, 4.69) is 15.3 Å². The molecule has 1 atom stereocenters. The molecule has 0 fully saturated rings. The summed E-state index contributed by atoms with van der Waals surface area (Å²) >= 11 is 6.36. The van der Waals surface area contributed by atoms with Crippen molar-refractivity contribution >= 4 is 45.6 Å². The predicted molar refractivity (Wildman–Crippen MR) is 114 cm³/mol. The Hall–Kier alpha value is -2.94. The van der Waals surface area contributed by atoms with E-state index in [9.17, 15) is 5.11 Å². The normalized spacial score (nSPS) is 12.4. The Labute approximate surface area is 172 Å². The van der Waals surface area contributed by atoms with Crippen molar-refractivity contribution in [1.82, 2.24) is 19.4 Å². The van der Waals surface area contributed by atoms with Crippen LogP contribution in [0.4, 0.5) is 17.3 Å². The van der Waals surface area contributed by atoms with Crippen LogP contribution in [0.25, 0.3) is 16.7 Å². The fourth-order valence-corrected chi connectivity index (χ4v) is 3.46. The lowest BCUT2D eigenvalue weighted by Crippen LogP contribution is -2.31. The highest BCUT2D eigenvalue weighted by molar-refractivity contribution is 6.33. The molecule has 0 amide bonds. The van der Waals surface area contributed by atoms with Gasteiger partial charge in [-0.1, -0.05) is 23.7 Å². The van der Waals surface area contributed by atoms with Crippen molar-refractivity contribution in [2.24, 2.45) is 0 Å². The molecule has 0 radical (unpaired) electrons. The Morgan fingerprint density at radius 1 is 1.24 bits per heavy atom. The lowest BCUT2D eigenvalue weighted by Gasteiger charge is -2.21. The molecule has 9 heteroatoms. The third-order valence-electron chi connectivity index (χ3n) is 4.73. The summed E-state index contributed by atoms with van der Waals surface area (Å²) in [6, 6.07) is 9.40. The predicted octanol–water partition coefficient (Wildman–Crippen LogP) is 2.77. The molecule has 0 spiro atoms. The standard InChI is InChI=1S/C20H21ClN6O2/c1-12-4-3-5-14(21)18(12)25-19-16-8-22-11-27(16)20-15(23-19)6-7-17(24-20)26(2)9-13(29)10-28/h3-8,11,13,28-29H,9-10H2,1-2H3,(H,23,25)/t13-/m0/s1. The molecule has 3 heterocycles. The van der Waals surface area contributed by atoms with Crippen LogP contribution in [0.15, 0.2) is 42.9 Å². The van der Waals surface area contributed by atoms with E-state index in [1.807, 2.05) is 48.7 Å². The van der Waals surface area contributed by atoms with Gasteiger partial charge in [0.05, 0.1) is 29.6 Å². The number of pyridine rings is 1. The van der Waals surface area contributed by atoms with Crippen LogP contribution in [-0.4, -0.2) is 55.9 Å². The summed E-state index contributed by atoms with van der Waals surface area (Å²) in [5.41, 5.74) is 3.89. The van der Waals surface area contributed by atoms with E-state index < -0.39 is 6.10 Å². The summed E-state index contributed by atoms with van der Waals surface area (Å²) in [5.74, 6) is 1.29. The van der Waals surface area contributed by atoms with Crippen LogP contribution in [0.3, 0.4) is 0 Å². The molecule has 1 aromatic carbocycles. The van der Waals surface area contributed by atoms with Crippen molar-refractivity contribution in [3.63, 3.8) is 0 Å². The number of aliphatic hydroxyl groups is 2. The Bertz CT molecular complexity index is 1160. The van der Waals surface area contributed by atoms with Crippen molar-refractivity contribution in [2.75, 3.05) is 30.4 Å². The molecule has 4 rings (SSSR count). The molecule has 0 aliphatic rings. The SMILES string of the molecule is Cc1cccc(Cl)c1Nc1nc2ccc(N(C)C[C@H](O)CO)nc2n2cncc12. The van der Waals surface area contributed by atoms with Gasteiger partial charge in [0.25, 0.3) is 0 Å². The number of benzene rings is 1. The van der Waals surface area contributed by atoms with Crippen LogP contribution in [0.2, 0.25) is 5.02 Å². The van der Waals surface area contributed by atoms with E-state index in [0.717, 1.165) is 16.8 Å².